The first kappa shape index (κ1) is 10.7. The molecule has 0 radical (unpaired) electrons. The van der Waals surface area contributed by atoms with Crippen molar-refractivity contribution in [3.8, 4) is 0 Å². The van der Waals surface area contributed by atoms with Gasteiger partial charge in [0.15, 0.2) is 0 Å². The number of aromatic nitrogens is 2. The summed E-state index contributed by atoms with van der Waals surface area (Å²) in [7, 11) is 1.90. The maximum absolute atomic E-state index is 5.71. The first-order valence-corrected chi connectivity index (χ1v) is 6.34. The third-order valence-electron chi connectivity index (χ3n) is 2.31. The van der Waals surface area contributed by atoms with E-state index in [1.807, 2.05) is 11.6 Å². The summed E-state index contributed by atoms with van der Waals surface area (Å²) in [6.45, 7) is 0. The van der Waals surface area contributed by atoms with Crippen LogP contribution in [0.2, 0.25) is 0 Å². The van der Waals surface area contributed by atoms with Gasteiger partial charge in [0.2, 0.25) is 5.95 Å². The zero-order valence-corrected chi connectivity index (χ0v) is 10.8. The molecule has 2 rings (SSSR count). The summed E-state index contributed by atoms with van der Waals surface area (Å²) < 4.78 is 2.83. The van der Waals surface area contributed by atoms with Crippen molar-refractivity contribution in [2.24, 2.45) is 7.05 Å². The average Bonchev–Trinajstić information content (AvgIpc) is 2.80. The summed E-state index contributed by atoms with van der Waals surface area (Å²) in [5, 5.41) is 2.09. The first-order valence-electron chi connectivity index (χ1n) is 4.67. The minimum atomic E-state index is 0.558. The Morgan fingerprint density at radius 2 is 2.33 bits per heavy atom. The second kappa shape index (κ2) is 4.37. The number of hydrogen-bond acceptors (Lipinski definition) is 3. The number of rotatable bonds is 3. The third kappa shape index (κ3) is 2.23. The topological polar surface area (TPSA) is 43.8 Å². The molecule has 0 aromatic carbocycles. The number of hydrogen-bond donors (Lipinski definition) is 1. The molecular formula is C10H12BrN3S. The number of halogens is 1. The molecule has 0 aliphatic rings. The molecule has 0 fully saturated rings. The number of nitrogens with two attached hydrogens (primary N) is 1. The van der Waals surface area contributed by atoms with Crippen molar-refractivity contribution in [2.75, 3.05) is 5.73 Å². The van der Waals surface area contributed by atoms with E-state index in [2.05, 4.69) is 38.4 Å². The molecule has 80 valence electrons. The summed E-state index contributed by atoms with van der Waals surface area (Å²) >= 11 is 5.27. The minimum Gasteiger partial charge on any atom is -0.369 e. The van der Waals surface area contributed by atoms with Crippen LogP contribution in [-0.4, -0.2) is 9.55 Å². The molecule has 2 aromatic rings. The van der Waals surface area contributed by atoms with Crippen LogP contribution >= 0.6 is 27.3 Å². The fourth-order valence-electron chi connectivity index (χ4n) is 1.41. The zero-order valence-electron chi connectivity index (χ0n) is 8.40. The molecule has 0 aliphatic heterocycles. The van der Waals surface area contributed by atoms with Crippen molar-refractivity contribution in [1.82, 2.24) is 9.55 Å². The lowest BCUT2D eigenvalue weighted by molar-refractivity contribution is 0.888. The standard InChI is InChI=1S/C10H12BrN3S/c1-14-9(11)8(13-10(14)12)5-4-7-3-2-6-15-7/h2-3,6H,4-5H2,1H3,(H2,12,13). The Labute approximate surface area is 101 Å². The second-order valence-electron chi connectivity index (χ2n) is 3.35. The Bertz CT molecular complexity index is 447. The Balaban J connectivity index is 2.08. The van der Waals surface area contributed by atoms with Gasteiger partial charge in [0.05, 0.1) is 5.69 Å². The molecule has 0 amide bonds. The van der Waals surface area contributed by atoms with Crippen LogP contribution in [0, 0.1) is 0 Å². The second-order valence-corrected chi connectivity index (χ2v) is 5.13. The van der Waals surface area contributed by atoms with Crippen LogP contribution in [0.15, 0.2) is 22.1 Å². The van der Waals surface area contributed by atoms with Gasteiger partial charge in [-0.1, -0.05) is 6.07 Å². The summed E-state index contributed by atoms with van der Waals surface area (Å²) in [5.41, 5.74) is 6.75. The number of thiophene rings is 1. The van der Waals surface area contributed by atoms with Gasteiger partial charge < -0.3 is 10.3 Å². The van der Waals surface area contributed by atoms with Crippen molar-refractivity contribution in [2.45, 2.75) is 12.8 Å². The Morgan fingerprint density at radius 3 is 2.87 bits per heavy atom. The molecule has 0 aliphatic carbocycles. The molecule has 0 saturated carbocycles. The minimum absolute atomic E-state index is 0.558. The summed E-state index contributed by atoms with van der Waals surface area (Å²) in [5.74, 6) is 0.558. The smallest absolute Gasteiger partial charge is 0.201 e. The maximum atomic E-state index is 5.71. The predicted molar refractivity (Wildman–Crippen MR) is 67.0 cm³/mol. The maximum Gasteiger partial charge on any atom is 0.201 e. The third-order valence-corrected chi connectivity index (χ3v) is 4.24. The van der Waals surface area contributed by atoms with Crippen molar-refractivity contribution < 1.29 is 0 Å². The molecule has 15 heavy (non-hydrogen) atoms. The van der Waals surface area contributed by atoms with E-state index in [1.54, 1.807) is 11.3 Å². The van der Waals surface area contributed by atoms with Gasteiger partial charge in [-0.15, -0.1) is 11.3 Å². The van der Waals surface area contributed by atoms with Crippen LogP contribution in [0.3, 0.4) is 0 Å². The van der Waals surface area contributed by atoms with Gasteiger partial charge in [-0.2, -0.15) is 0 Å². The van der Waals surface area contributed by atoms with Crippen LogP contribution in [0.1, 0.15) is 10.6 Å². The quantitative estimate of drug-likeness (QED) is 0.942. The van der Waals surface area contributed by atoms with E-state index in [1.165, 1.54) is 4.88 Å². The highest BCUT2D eigenvalue weighted by molar-refractivity contribution is 9.10. The fourth-order valence-corrected chi connectivity index (χ4v) is 2.59. The van der Waals surface area contributed by atoms with E-state index in [0.29, 0.717) is 5.95 Å². The van der Waals surface area contributed by atoms with Gasteiger partial charge in [0, 0.05) is 11.9 Å². The fraction of sp³-hybridized carbons (Fsp3) is 0.300. The summed E-state index contributed by atoms with van der Waals surface area (Å²) in [6, 6.07) is 4.21. The SMILES string of the molecule is Cn1c(N)nc(CCc2cccs2)c1Br. The lowest BCUT2D eigenvalue weighted by Gasteiger charge is -1.97. The van der Waals surface area contributed by atoms with Crippen LogP contribution in [0.25, 0.3) is 0 Å². The molecule has 3 nitrogen and oxygen atoms in total. The Morgan fingerprint density at radius 1 is 1.53 bits per heavy atom. The van der Waals surface area contributed by atoms with Crippen molar-refractivity contribution in [3.05, 3.63) is 32.7 Å². The number of nitrogen functional groups attached to an aromatic ring is 1. The van der Waals surface area contributed by atoms with E-state index in [9.17, 15) is 0 Å². The lowest BCUT2D eigenvalue weighted by Crippen LogP contribution is -1.96. The Hall–Kier alpha value is -0.810. The highest BCUT2D eigenvalue weighted by atomic mass is 79.9. The number of imidazole rings is 1. The van der Waals surface area contributed by atoms with E-state index >= 15 is 0 Å². The number of aryl methyl sites for hydroxylation is 2. The van der Waals surface area contributed by atoms with Crippen molar-refractivity contribution in [3.63, 3.8) is 0 Å². The largest absolute Gasteiger partial charge is 0.369 e. The first-order chi connectivity index (χ1) is 7.18. The van der Waals surface area contributed by atoms with E-state index < -0.39 is 0 Å². The van der Waals surface area contributed by atoms with Crippen molar-refractivity contribution >= 4 is 33.2 Å². The van der Waals surface area contributed by atoms with E-state index in [0.717, 1.165) is 23.1 Å². The highest BCUT2D eigenvalue weighted by Crippen LogP contribution is 2.21. The molecule has 2 heterocycles. The number of anilines is 1. The summed E-state index contributed by atoms with van der Waals surface area (Å²) in [4.78, 5) is 5.69. The van der Waals surface area contributed by atoms with Crippen LogP contribution < -0.4 is 5.73 Å². The normalized spacial score (nSPS) is 10.8. The monoisotopic (exact) mass is 285 g/mol. The zero-order chi connectivity index (χ0) is 10.8. The molecule has 2 N–H and O–H groups in total. The number of nitrogens with zero attached hydrogens (tertiary/aromatic N) is 2. The van der Waals surface area contributed by atoms with E-state index in [4.69, 9.17) is 5.73 Å². The average molecular weight is 286 g/mol. The molecule has 5 heteroatoms. The molecule has 0 unspecified atom stereocenters. The van der Waals surface area contributed by atoms with Gasteiger partial charge in [0.25, 0.3) is 0 Å². The van der Waals surface area contributed by atoms with E-state index in [-0.39, 0.29) is 0 Å². The molecule has 0 saturated heterocycles. The molecular weight excluding hydrogens is 274 g/mol. The highest BCUT2D eigenvalue weighted by Gasteiger charge is 2.09. The van der Waals surface area contributed by atoms with Crippen LogP contribution in [0.5, 0.6) is 0 Å². The predicted octanol–water partition coefficient (Wildman–Crippen LogP) is 2.61. The lowest BCUT2D eigenvalue weighted by atomic mass is 10.2. The van der Waals surface area contributed by atoms with Gasteiger partial charge in [-0.05, 0) is 40.2 Å². The molecule has 2 aromatic heterocycles. The van der Waals surface area contributed by atoms with Gasteiger partial charge in [-0.25, -0.2) is 4.98 Å². The van der Waals surface area contributed by atoms with Crippen LogP contribution in [0.4, 0.5) is 5.95 Å². The molecule has 0 spiro atoms. The molecule has 0 atom stereocenters. The van der Waals surface area contributed by atoms with Gasteiger partial charge in [-0.3, -0.25) is 0 Å². The summed E-state index contributed by atoms with van der Waals surface area (Å²) in [6.07, 6.45) is 1.94. The Kier molecular flexibility index (Phi) is 3.11. The van der Waals surface area contributed by atoms with Crippen LogP contribution in [-0.2, 0) is 19.9 Å². The molecule has 0 bridgehead atoms. The van der Waals surface area contributed by atoms with Crippen molar-refractivity contribution in [1.29, 1.82) is 0 Å². The van der Waals surface area contributed by atoms with Gasteiger partial charge >= 0.3 is 0 Å². The van der Waals surface area contributed by atoms with Gasteiger partial charge in [0.1, 0.15) is 4.60 Å².